The topological polar surface area (TPSA) is 79.0 Å². The van der Waals surface area contributed by atoms with Crippen molar-refractivity contribution in [2.24, 2.45) is 0 Å². The van der Waals surface area contributed by atoms with Crippen LogP contribution in [0.3, 0.4) is 0 Å². The van der Waals surface area contributed by atoms with Crippen LogP contribution < -0.4 is 10.2 Å². The minimum absolute atomic E-state index is 0.0235. The van der Waals surface area contributed by atoms with Gasteiger partial charge in [0.1, 0.15) is 17.5 Å². The minimum Gasteiger partial charge on any atom is -0.444 e. The Balaban J connectivity index is 1.50. The second-order valence-corrected chi connectivity index (χ2v) is 9.61. The molecule has 0 radical (unpaired) electrons. The van der Waals surface area contributed by atoms with E-state index in [4.69, 9.17) is 4.74 Å². The molecule has 1 N–H and O–H groups in total. The number of rotatable bonds is 2. The highest BCUT2D eigenvalue weighted by Crippen LogP contribution is 2.41. The summed E-state index contributed by atoms with van der Waals surface area (Å²) in [6, 6.07) is 2.84. The molecule has 3 heterocycles. The van der Waals surface area contributed by atoms with Crippen LogP contribution in [0.25, 0.3) is 0 Å². The molecule has 0 unspecified atom stereocenters. The lowest BCUT2D eigenvalue weighted by Gasteiger charge is -2.35. The van der Waals surface area contributed by atoms with Crippen LogP contribution in [0.15, 0.2) is 12.1 Å². The number of fused-ring (bicyclic) bond motifs is 1. The number of carbonyl (C=O) groups excluding carboxylic acids is 3. The molecule has 2 saturated heterocycles. The lowest BCUT2D eigenvalue weighted by Crippen LogP contribution is -2.52. The average molecular weight is 432 g/mol. The standard InChI is InChI=1S/C23H30FN3O4/c1-23(2,3)31-22(30)26-11-8-14(9-12-26)20-15-10-13-27(17(15)5-4-16(20)24)18-6-7-19(28)25-21(18)29/h4-5,14,18H,6-13H2,1-3H3,(H,25,28,29)/t18-/m0/s1. The third kappa shape index (κ3) is 4.38. The van der Waals surface area contributed by atoms with Gasteiger partial charge in [-0.3, -0.25) is 14.9 Å². The van der Waals surface area contributed by atoms with Crippen molar-refractivity contribution >= 4 is 23.6 Å². The second kappa shape index (κ2) is 8.13. The first-order chi connectivity index (χ1) is 14.6. The van der Waals surface area contributed by atoms with E-state index in [9.17, 15) is 18.8 Å². The normalized spacial score (nSPS) is 22.4. The minimum atomic E-state index is -0.542. The van der Waals surface area contributed by atoms with E-state index in [0.717, 1.165) is 16.8 Å². The predicted octanol–water partition coefficient (Wildman–Crippen LogP) is 3.11. The highest BCUT2D eigenvalue weighted by molar-refractivity contribution is 6.02. The van der Waals surface area contributed by atoms with Crippen LogP contribution >= 0.6 is 0 Å². The summed E-state index contributed by atoms with van der Waals surface area (Å²) in [5, 5.41) is 2.41. The van der Waals surface area contributed by atoms with Crippen LogP contribution in [0.5, 0.6) is 0 Å². The van der Waals surface area contributed by atoms with Crippen molar-refractivity contribution in [3.05, 3.63) is 29.1 Å². The molecule has 1 atom stereocenters. The van der Waals surface area contributed by atoms with Gasteiger partial charge in [0.05, 0.1) is 0 Å². The number of nitrogens with zero attached hydrogens (tertiary/aromatic N) is 2. The molecular weight excluding hydrogens is 401 g/mol. The number of amides is 3. The van der Waals surface area contributed by atoms with Gasteiger partial charge in [-0.25, -0.2) is 9.18 Å². The molecule has 0 spiro atoms. The van der Waals surface area contributed by atoms with E-state index in [-0.39, 0.29) is 29.6 Å². The summed E-state index contributed by atoms with van der Waals surface area (Å²) in [6.07, 6.45) is 2.49. The molecular formula is C23H30FN3O4. The van der Waals surface area contributed by atoms with E-state index < -0.39 is 11.6 Å². The zero-order valence-corrected chi connectivity index (χ0v) is 18.4. The maximum Gasteiger partial charge on any atom is 0.410 e. The largest absolute Gasteiger partial charge is 0.444 e. The number of hydrogen-bond acceptors (Lipinski definition) is 5. The Hall–Kier alpha value is -2.64. The number of anilines is 1. The molecule has 2 fully saturated rings. The lowest BCUT2D eigenvalue weighted by molar-refractivity contribution is -0.134. The maximum atomic E-state index is 15.0. The summed E-state index contributed by atoms with van der Waals surface area (Å²) >= 11 is 0. The number of halogens is 1. The Kier molecular flexibility index (Phi) is 5.66. The fourth-order valence-corrected chi connectivity index (χ4v) is 4.93. The summed E-state index contributed by atoms with van der Waals surface area (Å²) < 4.78 is 20.4. The molecule has 0 saturated carbocycles. The Labute approximate surface area is 181 Å². The van der Waals surface area contributed by atoms with Gasteiger partial charge in [-0.05, 0) is 75.6 Å². The Morgan fingerprint density at radius 3 is 2.45 bits per heavy atom. The molecule has 0 bridgehead atoms. The molecule has 4 rings (SSSR count). The van der Waals surface area contributed by atoms with Crippen molar-refractivity contribution in [3.63, 3.8) is 0 Å². The molecule has 0 aliphatic carbocycles. The average Bonchev–Trinajstić information content (AvgIpc) is 3.10. The predicted molar refractivity (Wildman–Crippen MR) is 113 cm³/mol. The van der Waals surface area contributed by atoms with Gasteiger partial charge in [0.25, 0.3) is 0 Å². The van der Waals surface area contributed by atoms with Gasteiger partial charge in [-0.1, -0.05) is 0 Å². The molecule has 7 nitrogen and oxygen atoms in total. The number of imide groups is 1. The second-order valence-electron chi connectivity index (χ2n) is 9.61. The number of likely N-dealkylation sites (tertiary alicyclic amines) is 1. The molecule has 1 aromatic carbocycles. The summed E-state index contributed by atoms with van der Waals surface area (Å²) in [7, 11) is 0. The van der Waals surface area contributed by atoms with Gasteiger partial charge in [0.15, 0.2) is 0 Å². The fourth-order valence-electron chi connectivity index (χ4n) is 4.93. The summed E-state index contributed by atoms with van der Waals surface area (Å²) in [5.41, 5.74) is 2.02. The first kappa shape index (κ1) is 21.6. The lowest BCUT2D eigenvalue weighted by atomic mass is 9.85. The van der Waals surface area contributed by atoms with Crippen LogP contribution in [0.2, 0.25) is 0 Å². The van der Waals surface area contributed by atoms with E-state index in [1.807, 2.05) is 25.7 Å². The van der Waals surface area contributed by atoms with Gasteiger partial charge >= 0.3 is 6.09 Å². The smallest absolute Gasteiger partial charge is 0.410 e. The molecule has 3 amide bonds. The highest BCUT2D eigenvalue weighted by Gasteiger charge is 2.38. The van der Waals surface area contributed by atoms with Gasteiger partial charge < -0.3 is 14.5 Å². The molecule has 31 heavy (non-hydrogen) atoms. The first-order valence-electron chi connectivity index (χ1n) is 11.0. The van der Waals surface area contributed by atoms with Crippen molar-refractivity contribution in [2.45, 2.75) is 70.4 Å². The third-order valence-electron chi connectivity index (χ3n) is 6.33. The van der Waals surface area contributed by atoms with Crippen molar-refractivity contribution < 1.29 is 23.5 Å². The van der Waals surface area contributed by atoms with Crippen LogP contribution in [0.4, 0.5) is 14.9 Å². The van der Waals surface area contributed by atoms with E-state index in [1.54, 1.807) is 11.0 Å². The van der Waals surface area contributed by atoms with E-state index >= 15 is 0 Å². The number of piperidine rings is 2. The van der Waals surface area contributed by atoms with Crippen LogP contribution in [-0.2, 0) is 20.7 Å². The third-order valence-corrected chi connectivity index (χ3v) is 6.33. The quantitative estimate of drug-likeness (QED) is 0.728. The van der Waals surface area contributed by atoms with Crippen molar-refractivity contribution in [1.82, 2.24) is 10.2 Å². The van der Waals surface area contributed by atoms with Gasteiger partial charge in [-0.2, -0.15) is 0 Å². The molecule has 1 aromatic rings. The van der Waals surface area contributed by atoms with Crippen LogP contribution in [0.1, 0.15) is 63.5 Å². The molecule has 0 aromatic heterocycles. The molecule has 3 aliphatic rings. The number of benzene rings is 1. The molecule has 8 heteroatoms. The monoisotopic (exact) mass is 431 g/mol. The molecule has 168 valence electrons. The maximum absolute atomic E-state index is 15.0. The number of carbonyl (C=O) groups is 3. The SMILES string of the molecule is CC(C)(C)OC(=O)N1CCC(c2c(F)ccc3c2CCN3[C@H]2CCC(=O)NC2=O)CC1. The highest BCUT2D eigenvalue weighted by atomic mass is 19.1. The van der Waals surface area contributed by atoms with Crippen LogP contribution in [0, 0.1) is 5.82 Å². The summed E-state index contributed by atoms with van der Waals surface area (Å²) in [4.78, 5) is 39.9. The zero-order chi connectivity index (χ0) is 22.3. The Morgan fingerprint density at radius 2 is 1.81 bits per heavy atom. The number of nitrogens with one attached hydrogen (secondary N) is 1. The van der Waals surface area contributed by atoms with Gasteiger partial charge in [-0.15, -0.1) is 0 Å². The summed E-state index contributed by atoms with van der Waals surface area (Å²) in [6.45, 7) is 7.21. The zero-order valence-electron chi connectivity index (χ0n) is 18.4. The Bertz CT molecular complexity index is 903. The van der Waals surface area contributed by atoms with E-state index in [0.29, 0.717) is 51.7 Å². The van der Waals surface area contributed by atoms with Crippen molar-refractivity contribution in [2.75, 3.05) is 24.5 Å². The number of hydrogen-bond donors (Lipinski definition) is 1. The van der Waals surface area contributed by atoms with Crippen molar-refractivity contribution in [1.29, 1.82) is 0 Å². The number of ether oxygens (including phenoxy) is 1. The van der Waals surface area contributed by atoms with Crippen molar-refractivity contribution in [3.8, 4) is 0 Å². The first-order valence-corrected chi connectivity index (χ1v) is 11.0. The van der Waals surface area contributed by atoms with Crippen LogP contribution in [-0.4, -0.2) is 54.1 Å². The Morgan fingerprint density at radius 1 is 1.10 bits per heavy atom. The van der Waals surface area contributed by atoms with Gasteiger partial charge in [0, 0.05) is 31.7 Å². The van der Waals surface area contributed by atoms with E-state index in [2.05, 4.69) is 5.32 Å². The fraction of sp³-hybridized carbons (Fsp3) is 0.609. The van der Waals surface area contributed by atoms with Gasteiger partial charge in [0.2, 0.25) is 11.8 Å². The van der Waals surface area contributed by atoms with E-state index in [1.165, 1.54) is 6.07 Å². The summed E-state index contributed by atoms with van der Waals surface area (Å²) in [5.74, 6) is -0.715. The molecule has 3 aliphatic heterocycles.